The number of carbonyl (C=O) groups excluding carboxylic acids is 2. The Labute approximate surface area is 220 Å². The zero-order chi connectivity index (χ0) is 26.3. The van der Waals surface area contributed by atoms with Crippen LogP contribution in [0.4, 0.5) is 17.1 Å². The first kappa shape index (κ1) is 27.3. The van der Waals surface area contributed by atoms with Crippen LogP contribution in [0, 0.1) is 0 Å². The van der Waals surface area contributed by atoms with E-state index in [4.69, 9.17) is 23.2 Å². The van der Waals surface area contributed by atoms with E-state index < -0.39 is 10.0 Å². The van der Waals surface area contributed by atoms with E-state index in [1.54, 1.807) is 67.7 Å². The third kappa shape index (κ3) is 6.69. The van der Waals surface area contributed by atoms with E-state index in [0.29, 0.717) is 39.6 Å². The van der Waals surface area contributed by atoms with Gasteiger partial charge in [-0.3, -0.25) is 13.9 Å². The van der Waals surface area contributed by atoms with Gasteiger partial charge in [0.15, 0.2) is 0 Å². The van der Waals surface area contributed by atoms with Crippen LogP contribution < -0.4 is 19.8 Å². The second-order valence-electron chi connectivity index (χ2n) is 7.85. The predicted octanol–water partition coefficient (Wildman–Crippen LogP) is 4.39. The van der Waals surface area contributed by atoms with Gasteiger partial charge in [0.1, 0.15) is 0 Å². The van der Waals surface area contributed by atoms with E-state index in [-0.39, 0.29) is 30.6 Å². The molecular weight excluding hydrogens is 523 g/mol. The Morgan fingerprint density at radius 2 is 1.64 bits per heavy atom. The van der Waals surface area contributed by atoms with Crippen molar-refractivity contribution in [2.75, 3.05) is 40.9 Å². The van der Waals surface area contributed by atoms with Crippen LogP contribution >= 0.6 is 23.2 Å². The molecule has 0 aromatic heterocycles. The van der Waals surface area contributed by atoms with Gasteiger partial charge in [0.05, 0.1) is 34.1 Å². The molecule has 3 aromatic rings. The van der Waals surface area contributed by atoms with Crippen molar-refractivity contribution in [1.82, 2.24) is 5.32 Å². The molecule has 0 atom stereocenters. The molecule has 0 heterocycles. The van der Waals surface area contributed by atoms with Crippen LogP contribution in [0.3, 0.4) is 0 Å². The molecule has 0 aliphatic carbocycles. The van der Waals surface area contributed by atoms with Gasteiger partial charge in [0.2, 0.25) is 16.4 Å². The maximum absolute atomic E-state index is 12.5. The third-order valence-electron chi connectivity index (χ3n) is 5.42. The molecule has 0 radical (unpaired) electrons. The Bertz CT molecular complexity index is 1330. The first-order valence-electron chi connectivity index (χ1n) is 10.9. The second-order valence-corrected chi connectivity index (χ2v) is 10.5. The summed E-state index contributed by atoms with van der Waals surface area (Å²) >= 11 is 12.3. The molecule has 190 valence electrons. The first-order valence-corrected chi connectivity index (χ1v) is 13.5. The zero-order valence-electron chi connectivity index (χ0n) is 19.7. The molecule has 0 unspecified atom stereocenters. The van der Waals surface area contributed by atoms with Gasteiger partial charge in [-0.25, -0.2) is 8.42 Å². The minimum Gasteiger partial charge on any atom is -0.387 e. The molecule has 0 fully saturated rings. The highest BCUT2D eigenvalue weighted by atomic mass is 35.5. The van der Waals surface area contributed by atoms with Gasteiger partial charge in [-0.1, -0.05) is 47.5 Å². The molecule has 11 heteroatoms. The smallest absolute Gasteiger partial charge is 0.253 e. The number of halogens is 2. The van der Waals surface area contributed by atoms with Gasteiger partial charge >= 0.3 is 0 Å². The lowest BCUT2D eigenvalue weighted by molar-refractivity contribution is -0.107. The number of hydrogen-bond acceptors (Lipinski definition) is 5. The largest absolute Gasteiger partial charge is 0.387 e. The van der Waals surface area contributed by atoms with Crippen molar-refractivity contribution in [3.63, 3.8) is 0 Å². The number of nitrogens with one attached hydrogen (secondary N) is 2. The van der Waals surface area contributed by atoms with Crippen molar-refractivity contribution >= 4 is 62.6 Å². The highest BCUT2D eigenvalue weighted by Crippen LogP contribution is 2.30. The van der Waals surface area contributed by atoms with E-state index in [0.717, 1.165) is 6.26 Å². The van der Waals surface area contributed by atoms with Crippen LogP contribution in [0.5, 0.6) is 0 Å². The zero-order valence-corrected chi connectivity index (χ0v) is 22.1. The fourth-order valence-corrected chi connectivity index (χ4v) is 4.82. The van der Waals surface area contributed by atoms with Crippen molar-refractivity contribution in [3.8, 4) is 0 Å². The van der Waals surface area contributed by atoms with Gasteiger partial charge in [-0.2, -0.15) is 0 Å². The van der Waals surface area contributed by atoms with Gasteiger partial charge in [0, 0.05) is 31.5 Å². The van der Waals surface area contributed by atoms with Crippen molar-refractivity contribution in [2.45, 2.75) is 6.54 Å². The number of carbonyl (C=O) groups is 2. The van der Waals surface area contributed by atoms with Crippen LogP contribution in [0.15, 0.2) is 66.7 Å². The maximum atomic E-state index is 12.5. The standard InChI is InChI=1S/C25H26Cl2N4O4S/c1-28-23-9-4-3-7-21(23)25(33)29-14-15-30(17-32)19-10-12-20(13-11-19)31(36(2,34)35)16-18-6-5-8-22(26)24(18)27/h3-13,17,28H,14-16H2,1-2H3,(H,29,33). The maximum Gasteiger partial charge on any atom is 0.253 e. The Balaban J connectivity index is 1.70. The van der Waals surface area contributed by atoms with Crippen LogP contribution in [-0.4, -0.2) is 47.1 Å². The molecule has 0 saturated heterocycles. The Morgan fingerprint density at radius 1 is 0.972 bits per heavy atom. The van der Waals surface area contributed by atoms with Gasteiger partial charge in [-0.05, 0) is 48.0 Å². The predicted molar refractivity (Wildman–Crippen MR) is 146 cm³/mol. The Kier molecular flexibility index (Phi) is 9.19. The van der Waals surface area contributed by atoms with Crippen molar-refractivity contribution in [3.05, 3.63) is 87.9 Å². The van der Waals surface area contributed by atoms with Crippen molar-refractivity contribution in [2.24, 2.45) is 0 Å². The minimum atomic E-state index is -3.64. The molecule has 0 bridgehead atoms. The molecule has 2 N–H and O–H groups in total. The summed E-state index contributed by atoms with van der Waals surface area (Å²) in [5, 5.41) is 6.40. The average Bonchev–Trinajstić information content (AvgIpc) is 2.87. The quantitative estimate of drug-likeness (QED) is 0.346. The molecule has 3 aromatic carbocycles. The summed E-state index contributed by atoms with van der Waals surface area (Å²) in [6.45, 7) is 0.444. The number of para-hydroxylation sites is 1. The summed E-state index contributed by atoms with van der Waals surface area (Å²) in [4.78, 5) is 25.6. The molecule has 0 aliphatic heterocycles. The third-order valence-corrected chi connectivity index (χ3v) is 7.42. The van der Waals surface area contributed by atoms with Gasteiger partial charge in [-0.15, -0.1) is 0 Å². The van der Waals surface area contributed by atoms with E-state index >= 15 is 0 Å². The summed E-state index contributed by atoms with van der Waals surface area (Å²) in [5.41, 5.74) is 2.71. The SMILES string of the molecule is CNc1ccccc1C(=O)NCCN(C=O)c1ccc(N(Cc2cccc(Cl)c2Cl)S(C)(=O)=O)cc1. The molecule has 8 nitrogen and oxygen atoms in total. The second kappa shape index (κ2) is 12.1. The molecule has 0 spiro atoms. The molecule has 36 heavy (non-hydrogen) atoms. The summed E-state index contributed by atoms with van der Waals surface area (Å²) < 4.78 is 26.2. The number of hydrogen-bond donors (Lipinski definition) is 2. The monoisotopic (exact) mass is 548 g/mol. The minimum absolute atomic E-state index is 0.00487. The lowest BCUT2D eigenvalue weighted by Gasteiger charge is -2.24. The Hall–Kier alpha value is -3.27. The number of nitrogens with zero attached hydrogens (tertiary/aromatic N) is 2. The summed E-state index contributed by atoms with van der Waals surface area (Å²) in [6.07, 6.45) is 1.76. The number of benzene rings is 3. The van der Waals surface area contributed by atoms with E-state index in [9.17, 15) is 18.0 Å². The van der Waals surface area contributed by atoms with E-state index in [2.05, 4.69) is 10.6 Å². The fraction of sp³-hybridized carbons (Fsp3) is 0.200. The van der Waals surface area contributed by atoms with E-state index in [1.807, 2.05) is 6.07 Å². The lowest BCUT2D eigenvalue weighted by Crippen LogP contribution is -2.34. The normalized spacial score (nSPS) is 11.0. The molecule has 0 aliphatic rings. The summed E-state index contributed by atoms with van der Waals surface area (Å²) in [6, 6.07) is 18.6. The van der Waals surface area contributed by atoms with Crippen LogP contribution in [0.25, 0.3) is 0 Å². The van der Waals surface area contributed by atoms with Crippen LogP contribution in [0.2, 0.25) is 10.0 Å². The number of sulfonamides is 1. The van der Waals surface area contributed by atoms with Crippen LogP contribution in [-0.2, 0) is 21.4 Å². The fourth-order valence-electron chi connectivity index (χ4n) is 3.56. The Morgan fingerprint density at radius 3 is 2.28 bits per heavy atom. The van der Waals surface area contributed by atoms with Crippen molar-refractivity contribution < 1.29 is 18.0 Å². The molecular formula is C25H26Cl2N4O4S. The van der Waals surface area contributed by atoms with Gasteiger partial charge < -0.3 is 15.5 Å². The number of anilines is 3. The van der Waals surface area contributed by atoms with E-state index in [1.165, 1.54) is 9.21 Å². The average molecular weight is 549 g/mol. The van der Waals surface area contributed by atoms with Crippen molar-refractivity contribution in [1.29, 1.82) is 0 Å². The highest BCUT2D eigenvalue weighted by molar-refractivity contribution is 7.92. The first-order chi connectivity index (χ1) is 17.2. The summed E-state index contributed by atoms with van der Waals surface area (Å²) in [7, 11) is -1.91. The number of rotatable bonds is 11. The van der Waals surface area contributed by atoms with Gasteiger partial charge in [0.25, 0.3) is 5.91 Å². The molecule has 0 saturated carbocycles. The van der Waals surface area contributed by atoms with Crippen LogP contribution in [0.1, 0.15) is 15.9 Å². The lowest BCUT2D eigenvalue weighted by atomic mass is 10.1. The number of amides is 2. The topological polar surface area (TPSA) is 98.8 Å². The highest BCUT2D eigenvalue weighted by Gasteiger charge is 2.20. The molecule has 3 rings (SSSR count). The molecule has 2 amide bonds. The summed E-state index contributed by atoms with van der Waals surface area (Å²) in [5.74, 6) is -0.260.